The molecule has 1 fully saturated rings. The van der Waals surface area contributed by atoms with E-state index >= 15 is 0 Å². The number of ether oxygens (including phenoxy) is 1. The largest absolute Gasteiger partial charge is 0.384 e. The highest BCUT2D eigenvalue weighted by atomic mass is 35.5. The standard InChI is InChI=1S/C19H27N3O2S.ClH/c1-18(2,3)17-22-14-6-5-13(11-15(14)25-17)21-16(23)19(12-24-4)7-9-20-10-8-19;/h5-6,11,20H,7-10,12H2,1-4H3,(H,21,23);1H. The molecule has 0 atom stereocenters. The van der Waals surface area contributed by atoms with Gasteiger partial charge in [0.1, 0.15) is 0 Å². The van der Waals surface area contributed by atoms with Crippen molar-refractivity contribution in [2.45, 2.75) is 39.0 Å². The zero-order chi connectivity index (χ0) is 18.1. The maximum atomic E-state index is 12.9. The molecule has 5 nitrogen and oxygen atoms in total. The van der Waals surface area contributed by atoms with E-state index in [0.717, 1.165) is 46.8 Å². The van der Waals surface area contributed by atoms with Gasteiger partial charge in [0, 0.05) is 18.2 Å². The van der Waals surface area contributed by atoms with Crippen LogP contribution in [0.2, 0.25) is 0 Å². The van der Waals surface area contributed by atoms with Gasteiger partial charge in [0.25, 0.3) is 0 Å². The highest BCUT2D eigenvalue weighted by Gasteiger charge is 2.39. The molecule has 26 heavy (non-hydrogen) atoms. The Morgan fingerprint density at radius 1 is 1.35 bits per heavy atom. The molecule has 2 N–H and O–H groups in total. The van der Waals surface area contributed by atoms with E-state index in [-0.39, 0.29) is 23.7 Å². The molecular formula is C19H28ClN3O2S. The first-order valence-electron chi connectivity index (χ1n) is 8.76. The second-order valence-corrected chi connectivity index (χ2v) is 8.90. The molecule has 3 rings (SSSR count). The van der Waals surface area contributed by atoms with Crippen LogP contribution in [0.25, 0.3) is 10.2 Å². The molecule has 0 spiro atoms. The number of nitrogens with one attached hydrogen (secondary N) is 2. The third kappa shape index (κ3) is 4.36. The summed E-state index contributed by atoms with van der Waals surface area (Å²) in [5.41, 5.74) is 1.40. The van der Waals surface area contributed by atoms with Crippen molar-refractivity contribution in [3.8, 4) is 0 Å². The zero-order valence-corrected chi connectivity index (χ0v) is 17.5. The van der Waals surface area contributed by atoms with E-state index < -0.39 is 5.41 Å². The van der Waals surface area contributed by atoms with Crippen molar-refractivity contribution in [2.75, 3.05) is 32.1 Å². The fourth-order valence-electron chi connectivity index (χ4n) is 3.21. The van der Waals surface area contributed by atoms with Crippen LogP contribution >= 0.6 is 23.7 Å². The number of methoxy groups -OCH3 is 1. The molecule has 2 aromatic rings. The van der Waals surface area contributed by atoms with Gasteiger partial charge >= 0.3 is 0 Å². The maximum Gasteiger partial charge on any atom is 0.233 e. The predicted molar refractivity (Wildman–Crippen MR) is 111 cm³/mol. The molecule has 1 saturated heterocycles. The van der Waals surface area contributed by atoms with Crippen molar-refractivity contribution in [1.82, 2.24) is 10.3 Å². The second-order valence-electron chi connectivity index (χ2n) is 7.87. The van der Waals surface area contributed by atoms with Crippen LogP contribution in [0.15, 0.2) is 18.2 Å². The molecule has 1 aromatic heterocycles. The number of benzene rings is 1. The number of anilines is 1. The molecule has 144 valence electrons. The monoisotopic (exact) mass is 397 g/mol. The quantitative estimate of drug-likeness (QED) is 0.819. The molecule has 0 aliphatic carbocycles. The van der Waals surface area contributed by atoms with Crippen LogP contribution in [-0.4, -0.2) is 37.7 Å². The van der Waals surface area contributed by atoms with Crippen LogP contribution in [0.3, 0.4) is 0 Å². The molecule has 1 amide bonds. The van der Waals surface area contributed by atoms with E-state index in [0.29, 0.717) is 6.61 Å². The molecule has 7 heteroatoms. The Hall–Kier alpha value is -1.21. The van der Waals surface area contributed by atoms with Gasteiger partial charge in [-0.1, -0.05) is 20.8 Å². The Labute approximate surface area is 165 Å². The van der Waals surface area contributed by atoms with Crippen LogP contribution < -0.4 is 10.6 Å². The number of piperidine rings is 1. The van der Waals surface area contributed by atoms with Crippen molar-refractivity contribution in [3.63, 3.8) is 0 Å². The minimum Gasteiger partial charge on any atom is -0.384 e. The highest BCUT2D eigenvalue weighted by molar-refractivity contribution is 7.18. The number of fused-ring (bicyclic) bond motifs is 1. The molecule has 1 aliphatic heterocycles. The van der Waals surface area contributed by atoms with E-state index in [1.807, 2.05) is 18.2 Å². The zero-order valence-electron chi connectivity index (χ0n) is 15.8. The van der Waals surface area contributed by atoms with Gasteiger partial charge in [-0.25, -0.2) is 4.98 Å². The first kappa shape index (κ1) is 21.1. The topological polar surface area (TPSA) is 63.2 Å². The van der Waals surface area contributed by atoms with Crippen molar-refractivity contribution >= 4 is 45.6 Å². The maximum absolute atomic E-state index is 12.9. The molecule has 1 aliphatic rings. The smallest absolute Gasteiger partial charge is 0.233 e. The fourth-order valence-corrected chi connectivity index (χ4v) is 4.27. The lowest BCUT2D eigenvalue weighted by molar-refractivity contribution is -0.130. The van der Waals surface area contributed by atoms with E-state index in [1.165, 1.54) is 0 Å². The van der Waals surface area contributed by atoms with E-state index in [1.54, 1.807) is 18.4 Å². The highest BCUT2D eigenvalue weighted by Crippen LogP contribution is 2.34. The lowest BCUT2D eigenvalue weighted by Crippen LogP contribution is -2.47. The Morgan fingerprint density at radius 2 is 2.04 bits per heavy atom. The summed E-state index contributed by atoms with van der Waals surface area (Å²) in [6.07, 6.45) is 1.59. The molecule has 0 unspecified atom stereocenters. The van der Waals surface area contributed by atoms with Gasteiger partial charge in [0.15, 0.2) is 0 Å². The molecule has 1 aromatic carbocycles. The number of rotatable bonds is 4. The molecule has 0 saturated carbocycles. The average Bonchev–Trinajstić information content (AvgIpc) is 2.99. The molecule has 0 radical (unpaired) electrons. The van der Waals surface area contributed by atoms with E-state index in [4.69, 9.17) is 9.72 Å². The van der Waals surface area contributed by atoms with Crippen molar-refractivity contribution in [1.29, 1.82) is 0 Å². The minimum atomic E-state index is -0.445. The second kappa shape index (κ2) is 8.21. The minimum absolute atomic E-state index is 0. The normalized spacial score (nSPS) is 16.9. The van der Waals surface area contributed by atoms with E-state index in [2.05, 4.69) is 31.4 Å². The molecule has 2 heterocycles. The number of hydrogen-bond acceptors (Lipinski definition) is 5. The number of thiazole rings is 1. The Bertz CT molecular complexity index is 758. The lowest BCUT2D eigenvalue weighted by Gasteiger charge is -2.35. The number of carbonyl (C=O) groups excluding carboxylic acids is 1. The van der Waals surface area contributed by atoms with Crippen LogP contribution in [0, 0.1) is 5.41 Å². The molecule has 0 bridgehead atoms. The van der Waals surface area contributed by atoms with Gasteiger partial charge in [-0.15, -0.1) is 23.7 Å². The van der Waals surface area contributed by atoms with E-state index in [9.17, 15) is 4.79 Å². The van der Waals surface area contributed by atoms with Crippen molar-refractivity contribution in [3.05, 3.63) is 23.2 Å². The predicted octanol–water partition coefficient (Wildman–Crippen LogP) is 3.97. The third-order valence-corrected chi connectivity index (χ3v) is 6.19. The number of hydrogen-bond donors (Lipinski definition) is 2. The van der Waals surface area contributed by atoms with Crippen LogP contribution in [0.5, 0.6) is 0 Å². The van der Waals surface area contributed by atoms with Gasteiger partial charge in [0.2, 0.25) is 5.91 Å². The van der Waals surface area contributed by atoms with Gasteiger partial charge < -0.3 is 15.4 Å². The van der Waals surface area contributed by atoms with Crippen molar-refractivity contribution < 1.29 is 9.53 Å². The van der Waals surface area contributed by atoms with Gasteiger partial charge in [-0.2, -0.15) is 0 Å². The summed E-state index contributed by atoms with van der Waals surface area (Å²) < 4.78 is 6.46. The third-order valence-electron chi connectivity index (χ3n) is 4.75. The summed E-state index contributed by atoms with van der Waals surface area (Å²) in [6, 6.07) is 5.96. The number of carbonyl (C=O) groups is 1. The number of halogens is 1. The van der Waals surface area contributed by atoms with Crippen LogP contribution in [-0.2, 0) is 14.9 Å². The Morgan fingerprint density at radius 3 is 2.65 bits per heavy atom. The summed E-state index contributed by atoms with van der Waals surface area (Å²) in [4.78, 5) is 17.7. The Kier molecular flexibility index (Phi) is 6.66. The first-order chi connectivity index (χ1) is 11.8. The first-order valence-corrected chi connectivity index (χ1v) is 9.58. The van der Waals surface area contributed by atoms with Gasteiger partial charge in [0.05, 0.1) is 27.2 Å². The number of aromatic nitrogens is 1. The van der Waals surface area contributed by atoms with Gasteiger partial charge in [-0.3, -0.25) is 4.79 Å². The van der Waals surface area contributed by atoms with Gasteiger partial charge in [-0.05, 0) is 44.1 Å². The summed E-state index contributed by atoms with van der Waals surface area (Å²) in [7, 11) is 1.66. The summed E-state index contributed by atoms with van der Waals surface area (Å²) >= 11 is 1.69. The molecular weight excluding hydrogens is 370 g/mol. The fraction of sp³-hybridized carbons (Fsp3) is 0.579. The van der Waals surface area contributed by atoms with Crippen LogP contribution in [0.4, 0.5) is 5.69 Å². The average molecular weight is 398 g/mol. The van der Waals surface area contributed by atoms with Crippen LogP contribution in [0.1, 0.15) is 38.6 Å². The lowest BCUT2D eigenvalue weighted by atomic mass is 9.78. The summed E-state index contributed by atoms with van der Waals surface area (Å²) in [5, 5.41) is 7.54. The summed E-state index contributed by atoms with van der Waals surface area (Å²) in [6.45, 7) is 8.65. The van der Waals surface area contributed by atoms with Crippen molar-refractivity contribution in [2.24, 2.45) is 5.41 Å². The number of amides is 1. The Balaban J connectivity index is 0.00000243. The SMILES string of the molecule is COCC1(C(=O)Nc2ccc3nc(C(C)(C)C)sc3c2)CCNCC1.Cl. The summed E-state index contributed by atoms with van der Waals surface area (Å²) in [5.74, 6) is 0.0516. The number of nitrogens with zero attached hydrogens (tertiary/aromatic N) is 1.